The van der Waals surface area contributed by atoms with Crippen LogP contribution < -0.4 is 0 Å². The van der Waals surface area contributed by atoms with Gasteiger partial charge in [-0.25, -0.2) is 4.39 Å². The van der Waals surface area contributed by atoms with E-state index < -0.39 is 5.82 Å². The second-order valence-electron chi connectivity index (χ2n) is 5.19. The van der Waals surface area contributed by atoms with E-state index in [9.17, 15) is 9.18 Å². The molecule has 2 rings (SSSR count). The van der Waals surface area contributed by atoms with Crippen molar-refractivity contribution in [3.63, 3.8) is 0 Å². The van der Waals surface area contributed by atoms with E-state index in [2.05, 4.69) is 13.8 Å². The third-order valence-corrected chi connectivity index (χ3v) is 3.65. The van der Waals surface area contributed by atoms with Gasteiger partial charge in [0.2, 0.25) is 0 Å². The zero-order chi connectivity index (χ0) is 14.9. The van der Waals surface area contributed by atoms with Gasteiger partial charge in [-0.15, -0.1) is 0 Å². The maximum absolute atomic E-state index is 13.4. The maximum atomic E-state index is 13.4. The molecule has 0 aliphatic carbocycles. The Labute approximate surface area is 123 Å². The molecule has 104 valence electrons. The van der Waals surface area contributed by atoms with Crippen LogP contribution in [-0.2, 0) is 0 Å². The molecule has 0 bridgehead atoms. The van der Waals surface area contributed by atoms with Crippen molar-refractivity contribution < 1.29 is 9.18 Å². The summed E-state index contributed by atoms with van der Waals surface area (Å²) in [5.41, 5.74) is 2.48. The normalized spacial score (nSPS) is 10.9. The van der Waals surface area contributed by atoms with Crippen LogP contribution in [0.3, 0.4) is 0 Å². The van der Waals surface area contributed by atoms with Crippen LogP contribution in [0.5, 0.6) is 0 Å². The van der Waals surface area contributed by atoms with Crippen LogP contribution in [0.1, 0.15) is 46.8 Å². The molecule has 0 atom stereocenters. The Morgan fingerprint density at radius 3 is 2.30 bits per heavy atom. The van der Waals surface area contributed by atoms with Gasteiger partial charge in [0.15, 0.2) is 5.78 Å². The molecule has 2 aromatic rings. The van der Waals surface area contributed by atoms with E-state index in [4.69, 9.17) is 11.6 Å². The molecule has 0 amide bonds. The van der Waals surface area contributed by atoms with Crippen LogP contribution >= 0.6 is 11.6 Å². The van der Waals surface area contributed by atoms with Crippen LogP contribution in [0.25, 0.3) is 0 Å². The van der Waals surface area contributed by atoms with E-state index in [0.29, 0.717) is 22.6 Å². The molecule has 0 aliphatic rings. The summed E-state index contributed by atoms with van der Waals surface area (Å²) in [6.07, 6.45) is 0. The quantitative estimate of drug-likeness (QED) is 0.715. The van der Waals surface area contributed by atoms with Crippen molar-refractivity contribution in [2.45, 2.75) is 26.7 Å². The van der Waals surface area contributed by atoms with Crippen molar-refractivity contribution >= 4 is 17.4 Å². The van der Waals surface area contributed by atoms with E-state index >= 15 is 0 Å². The van der Waals surface area contributed by atoms with E-state index in [0.717, 1.165) is 0 Å². The zero-order valence-corrected chi connectivity index (χ0v) is 12.5. The fourth-order valence-corrected chi connectivity index (χ4v) is 2.24. The predicted molar refractivity (Wildman–Crippen MR) is 80.1 cm³/mol. The minimum Gasteiger partial charge on any atom is -0.289 e. The molecule has 0 unspecified atom stereocenters. The molecular weight excluding hydrogens is 275 g/mol. The minimum absolute atomic E-state index is 0.144. The Morgan fingerprint density at radius 1 is 1.15 bits per heavy atom. The molecule has 0 spiro atoms. The number of ketones is 1. The molecule has 0 aromatic heterocycles. The molecule has 3 heteroatoms. The molecule has 0 saturated carbocycles. The van der Waals surface area contributed by atoms with Crippen molar-refractivity contribution in [1.29, 1.82) is 0 Å². The lowest BCUT2D eigenvalue weighted by atomic mass is 9.97. The maximum Gasteiger partial charge on any atom is 0.194 e. The third kappa shape index (κ3) is 2.91. The van der Waals surface area contributed by atoms with Gasteiger partial charge in [0.25, 0.3) is 0 Å². The van der Waals surface area contributed by atoms with Gasteiger partial charge in [-0.1, -0.05) is 49.7 Å². The highest BCUT2D eigenvalue weighted by Crippen LogP contribution is 2.24. The van der Waals surface area contributed by atoms with E-state index in [1.165, 1.54) is 17.7 Å². The van der Waals surface area contributed by atoms with Crippen LogP contribution in [0.2, 0.25) is 5.02 Å². The summed E-state index contributed by atoms with van der Waals surface area (Å²) in [5.74, 6) is -0.175. The standard InChI is InChI=1S/C17H16ClFO/c1-10(2)12-4-6-13(7-5-12)17(20)14-8-11(3)16(19)9-15(14)18/h4-10H,1-3H3. The van der Waals surface area contributed by atoms with E-state index in [-0.39, 0.29) is 10.8 Å². The summed E-state index contributed by atoms with van der Waals surface area (Å²) in [6, 6.07) is 10.1. The number of halogens is 2. The number of carbonyl (C=O) groups excluding carboxylic acids is 1. The number of benzene rings is 2. The van der Waals surface area contributed by atoms with Crippen LogP contribution in [0.15, 0.2) is 36.4 Å². The first-order valence-electron chi connectivity index (χ1n) is 6.50. The summed E-state index contributed by atoms with van der Waals surface area (Å²) in [7, 11) is 0. The van der Waals surface area contributed by atoms with Gasteiger partial charge in [-0.2, -0.15) is 0 Å². The summed E-state index contributed by atoms with van der Waals surface area (Å²) >= 11 is 5.97. The number of rotatable bonds is 3. The second-order valence-corrected chi connectivity index (χ2v) is 5.59. The zero-order valence-electron chi connectivity index (χ0n) is 11.7. The average Bonchev–Trinajstić information content (AvgIpc) is 2.42. The Balaban J connectivity index is 2.38. The van der Waals surface area contributed by atoms with Crippen molar-refractivity contribution in [3.8, 4) is 0 Å². The summed E-state index contributed by atoms with van der Waals surface area (Å²) in [4.78, 5) is 12.4. The highest BCUT2D eigenvalue weighted by Gasteiger charge is 2.15. The van der Waals surface area contributed by atoms with E-state index in [1.54, 1.807) is 19.1 Å². The first-order valence-corrected chi connectivity index (χ1v) is 6.88. The van der Waals surface area contributed by atoms with Gasteiger partial charge in [0.1, 0.15) is 5.82 Å². The molecule has 0 heterocycles. The summed E-state index contributed by atoms with van der Waals surface area (Å²) in [5, 5.41) is 0.144. The minimum atomic E-state index is -0.401. The number of hydrogen-bond acceptors (Lipinski definition) is 1. The highest BCUT2D eigenvalue weighted by atomic mass is 35.5. The molecule has 0 N–H and O–H groups in total. The van der Waals surface area contributed by atoms with Crippen LogP contribution in [0, 0.1) is 12.7 Å². The Kier molecular flexibility index (Phi) is 4.24. The first-order chi connectivity index (χ1) is 9.40. The fourth-order valence-electron chi connectivity index (χ4n) is 2.01. The molecular formula is C17H16ClFO. The lowest BCUT2D eigenvalue weighted by molar-refractivity contribution is 0.103. The van der Waals surface area contributed by atoms with Crippen LogP contribution in [0.4, 0.5) is 4.39 Å². The third-order valence-electron chi connectivity index (χ3n) is 3.33. The lowest BCUT2D eigenvalue weighted by Crippen LogP contribution is -2.04. The Morgan fingerprint density at radius 2 is 1.75 bits per heavy atom. The Bertz CT molecular complexity index is 645. The largest absolute Gasteiger partial charge is 0.289 e. The van der Waals surface area contributed by atoms with E-state index in [1.807, 2.05) is 12.1 Å². The summed E-state index contributed by atoms with van der Waals surface area (Å²) in [6.45, 7) is 5.80. The van der Waals surface area contributed by atoms with Crippen molar-refractivity contribution in [2.24, 2.45) is 0 Å². The SMILES string of the molecule is Cc1cc(C(=O)c2ccc(C(C)C)cc2)c(Cl)cc1F. The predicted octanol–water partition coefficient (Wildman–Crippen LogP) is 5.14. The van der Waals surface area contributed by atoms with Gasteiger partial charge in [0, 0.05) is 11.1 Å². The number of aryl methyl sites for hydroxylation is 1. The van der Waals surface area contributed by atoms with Gasteiger partial charge in [0.05, 0.1) is 5.02 Å². The Hall–Kier alpha value is -1.67. The monoisotopic (exact) mass is 290 g/mol. The van der Waals surface area contributed by atoms with Gasteiger partial charge >= 0.3 is 0 Å². The second kappa shape index (κ2) is 5.76. The van der Waals surface area contributed by atoms with Crippen molar-refractivity contribution in [3.05, 3.63) is 69.5 Å². The topological polar surface area (TPSA) is 17.1 Å². The molecule has 20 heavy (non-hydrogen) atoms. The lowest BCUT2D eigenvalue weighted by Gasteiger charge is -2.08. The van der Waals surface area contributed by atoms with Crippen molar-refractivity contribution in [1.82, 2.24) is 0 Å². The van der Waals surface area contributed by atoms with Gasteiger partial charge < -0.3 is 0 Å². The average molecular weight is 291 g/mol. The first kappa shape index (κ1) is 14.7. The highest BCUT2D eigenvalue weighted by molar-refractivity contribution is 6.35. The molecule has 0 fully saturated rings. The van der Waals surface area contributed by atoms with Gasteiger partial charge in [-0.05, 0) is 36.1 Å². The molecule has 1 nitrogen and oxygen atoms in total. The van der Waals surface area contributed by atoms with Crippen molar-refractivity contribution in [2.75, 3.05) is 0 Å². The van der Waals surface area contributed by atoms with Gasteiger partial charge in [-0.3, -0.25) is 4.79 Å². The molecule has 2 aromatic carbocycles. The fraction of sp³-hybridized carbons (Fsp3) is 0.235. The number of carbonyl (C=O) groups is 1. The smallest absolute Gasteiger partial charge is 0.194 e. The molecule has 0 saturated heterocycles. The summed E-state index contributed by atoms with van der Waals surface area (Å²) < 4.78 is 13.4. The number of hydrogen-bond donors (Lipinski definition) is 0. The van der Waals surface area contributed by atoms with Crippen LogP contribution in [-0.4, -0.2) is 5.78 Å². The molecule has 0 aliphatic heterocycles. The molecule has 0 radical (unpaired) electrons.